The Balaban J connectivity index is 1.37. The van der Waals surface area contributed by atoms with Gasteiger partial charge in [-0.25, -0.2) is 0 Å². The summed E-state index contributed by atoms with van der Waals surface area (Å²) in [4.78, 5) is 31.7. The molecule has 0 aliphatic carbocycles. The summed E-state index contributed by atoms with van der Waals surface area (Å²) in [6.07, 6.45) is 3.69. The Bertz CT molecular complexity index is 871. The first-order chi connectivity index (χ1) is 14.0. The van der Waals surface area contributed by atoms with E-state index < -0.39 is 0 Å². The van der Waals surface area contributed by atoms with E-state index in [2.05, 4.69) is 22.1 Å². The molecule has 1 aromatic heterocycles. The lowest BCUT2D eigenvalue weighted by molar-refractivity contribution is -0.137. The van der Waals surface area contributed by atoms with E-state index in [4.69, 9.17) is 0 Å². The predicted molar refractivity (Wildman–Crippen MR) is 111 cm³/mol. The van der Waals surface area contributed by atoms with E-state index in [-0.39, 0.29) is 17.9 Å². The number of nitrogens with zero attached hydrogens (tertiary/aromatic N) is 5. The molecule has 1 aromatic carbocycles. The van der Waals surface area contributed by atoms with Gasteiger partial charge in [0.05, 0.1) is 24.3 Å². The Hall–Kier alpha value is -2.67. The first-order valence-electron chi connectivity index (χ1n) is 10.4. The smallest absolute Gasteiger partial charge is 0.257 e. The molecular weight excluding hydrogens is 366 g/mol. The molecule has 154 valence electrons. The zero-order valence-corrected chi connectivity index (χ0v) is 17.3. The molecule has 2 aromatic rings. The average molecular weight is 396 g/mol. The number of hydrogen-bond donors (Lipinski definition) is 0. The molecular formula is C22H29N5O2. The first kappa shape index (κ1) is 19.6. The van der Waals surface area contributed by atoms with E-state index in [9.17, 15) is 9.59 Å². The zero-order chi connectivity index (χ0) is 20.4. The van der Waals surface area contributed by atoms with Crippen LogP contribution in [0.5, 0.6) is 0 Å². The summed E-state index contributed by atoms with van der Waals surface area (Å²) in [6, 6.07) is 10.1. The highest BCUT2D eigenvalue weighted by Crippen LogP contribution is 2.19. The summed E-state index contributed by atoms with van der Waals surface area (Å²) < 4.78 is 1.87. The second-order valence-corrected chi connectivity index (χ2v) is 8.04. The van der Waals surface area contributed by atoms with Crippen molar-refractivity contribution in [1.29, 1.82) is 0 Å². The van der Waals surface area contributed by atoms with Crippen LogP contribution < -0.4 is 0 Å². The number of hydrogen-bond acceptors (Lipinski definition) is 4. The Kier molecular flexibility index (Phi) is 5.67. The van der Waals surface area contributed by atoms with Gasteiger partial charge in [-0.3, -0.25) is 19.2 Å². The van der Waals surface area contributed by atoms with E-state index in [0.717, 1.165) is 30.6 Å². The van der Waals surface area contributed by atoms with Crippen LogP contribution in [-0.4, -0.2) is 82.1 Å². The molecule has 0 saturated carbocycles. The number of amides is 2. The fourth-order valence-electron chi connectivity index (χ4n) is 4.31. The molecule has 2 aliphatic rings. The molecule has 0 N–H and O–H groups in total. The summed E-state index contributed by atoms with van der Waals surface area (Å²) in [5.41, 5.74) is 2.68. The minimum atomic E-state index is 0.00638. The Morgan fingerprint density at radius 2 is 1.72 bits per heavy atom. The van der Waals surface area contributed by atoms with Crippen molar-refractivity contribution in [1.82, 2.24) is 24.5 Å². The third-order valence-corrected chi connectivity index (χ3v) is 6.19. The van der Waals surface area contributed by atoms with Crippen LogP contribution in [0.15, 0.2) is 36.5 Å². The number of benzene rings is 1. The third-order valence-electron chi connectivity index (χ3n) is 6.19. The standard InChI is InChI=1S/C22H29N5O2/c1-17-19(15-23-27(17)16-18-7-4-3-5-8-18)21(28)25-11-13-26(14-12-25)22(29)20-9-6-10-24(20)2/h3-5,7-8,15,20H,6,9-14,16H2,1-2H3. The van der Waals surface area contributed by atoms with Crippen LogP contribution in [0.1, 0.15) is 34.5 Å². The minimum Gasteiger partial charge on any atom is -0.338 e. The van der Waals surface area contributed by atoms with Crippen molar-refractivity contribution < 1.29 is 9.59 Å². The van der Waals surface area contributed by atoms with Crippen molar-refractivity contribution in [3.8, 4) is 0 Å². The molecule has 7 nitrogen and oxygen atoms in total. The number of piperazine rings is 1. The maximum Gasteiger partial charge on any atom is 0.257 e. The van der Waals surface area contributed by atoms with E-state index >= 15 is 0 Å². The quantitative estimate of drug-likeness (QED) is 0.789. The van der Waals surface area contributed by atoms with Crippen molar-refractivity contribution in [2.75, 3.05) is 39.8 Å². The van der Waals surface area contributed by atoms with Crippen molar-refractivity contribution in [2.45, 2.75) is 32.4 Å². The lowest BCUT2D eigenvalue weighted by Gasteiger charge is -2.36. The summed E-state index contributed by atoms with van der Waals surface area (Å²) in [7, 11) is 2.02. The van der Waals surface area contributed by atoms with Crippen LogP contribution in [0, 0.1) is 6.92 Å². The number of rotatable bonds is 4. The summed E-state index contributed by atoms with van der Waals surface area (Å²) in [5.74, 6) is 0.218. The number of carbonyl (C=O) groups excluding carboxylic acids is 2. The molecule has 2 aliphatic heterocycles. The Labute approximate surface area is 171 Å². The highest BCUT2D eigenvalue weighted by Gasteiger charge is 2.34. The second-order valence-electron chi connectivity index (χ2n) is 8.04. The monoisotopic (exact) mass is 395 g/mol. The van der Waals surface area contributed by atoms with Crippen LogP contribution in [0.3, 0.4) is 0 Å². The van der Waals surface area contributed by atoms with Gasteiger partial charge in [0.15, 0.2) is 0 Å². The van der Waals surface area contributed by atoms with Crippen molar-refractivity contribution >= 4 is 11.8 Å². The average Bonchev–Trinajstić information content (AvgIpc) is 3.34. The fraction of sp³-hybridized carbons (Fsp3) is 0.500. The fourth-order valence-corrected chi connectivity index (χ4v) is 4.31. The van der Waals surface area contributed by atoms with Gasteiger partial charge in [-0.15, -0.1) is 0 Å². The molecule has 0 radical (unpaired) electrons. The van der Waals surface area contributed by atoms with Crippen LogP contribution in [-0.2, 0) is 11.3 Å². The molecule has 0 bridgehead atoms. The van der Waals surface area contributed by atoms with Gasteiger partial charge in [0, 0.05) is 31.9 Å². The largest absolute Gasteiger partial charge is 0.338 e. The number of likely N-dealkylation sites (tertiary alicyclic amines) is 1. The number of aromatic nitrogens is 2. The Morgan fingerprint density at radius 1 is 1.03 bits per heavy atom. The molecule has 29 heavy (non-hydrogen) atoms. The Morgan fingerprint density at radius 3 is 2.38 bits per heavy atom. The topological polar surface area (TPSA) is 61.7 Å². The van der Waals surface area contributed by atoms with Crippen LogP contribution in [0.25, 0.3) is 0 Å². The first-order valence-corrected chi connectivity index (χ1v) is 10.4. The molecule has 2 amide bonds. The molecule has 2 fully saturated rings. The zero-order valence-electron chi connectivity index (χ0n) is 17.3. The van der Waals surface area contributed by atoms with Crippen molar-refractivity contribution in [2.24, 2.45) is 0 Å². The van der Waals surface area contributed by atoms with Crippen LogP contribution in [0.4, 0.5) is 0 Å². The van der Waals surface area contributed by atoms with Gasteiger partial charge in [0.25, 0.3) is 5.91 Å². The number of carbonyl (C=O) groups is 2. The van der Waals surface area contributed by atoms with Gasteiger partial charge in [-0.1, -0.05) is 30.3 Å². The highest BCUT2D eigenvalue weighted by molar-refractivity contribution is 5.95. The molecule has 7 heteroatoms. The van der Waals surface area contributed by atoms with Gasteiger partial charge < -0.3 is 9.80 Å². The van der Waals surface area contributed by atoms with E-state index in [1.807, 2.05) is 46.7 Å². The summed E-state index contributed by atoms with van der Waals surface area (Å²) >= 11 is 0. The molecule has 4 rings (SSSR count). The second kappa shape index (κ2) is 8.37. The summed E-state index contributed by atoms with van der Waals surface area (Å²) in [5, 5.41) is 4.43. The van der Waals surface area contributed by atoms with E-state index in [0.29, 0.717) is 38.3 Å². The van der Waals surface area contributed by atoms with Gasteiger partial charge >= 0.3 is 0 Å². The van der Waals surface area contributed by atoms with Crippen LogP contribution >= 0.6 is 0 Å². The third kappa shape index (κ3) is 4.05. The molecule has 2 saturated heterocycles. The van der Waals surface area contributed by atoms with E-state index in [1.165, 1.54) is 0 Å². The lowest BCUT2D eigenvalue weighted by Crippen LogP contribution is -2.54. The highest BCUT2D eigenvalue weighted by atomic mass is 16.2. The van der Waals surface area contributed by atoms with Crippen molar-refractivity contribution in [3.63, 3.8) is 0 Å². The molecule has 1 unspecified atom stereocenters. The predicted octanol–water partition coefficient (Wildman–Crippen LogP) is 1.62. The minimum absolute atomic E-state index is 0.00638. The molecule has 0 spiro atoms. The van der Waals surface area contributed by atoms with E-state index in [1.54, 1.807) is 6.20 Å². The van der Waals surface area contributed by atoms with Crippen LogP contribution in [0.2, 0.25) is 0 Å². The lowest BCUT2D eigenvalue weighted by atomic mass is 10.1. The van der Waals surface area contributed by atoms with Crippen molar-refractivity contribution in [3.05, 3.63) is 53.3 Å². The van der Waals surface area contributed by atoms with Gasteiger partial charge in [-0.05, 0) is 38.9 Å². The van der Waals surface area contributed by atoms with Gasteiger partial charge in [0.2, 0.25) is 5.91 Å². The summed E-state index contributed by atoms with van der Waals surface area (Å²) in [6.45, 7) is 5.93. The van der Waals surface area contributed by atoms with Gasteiger partial charge in [0.1, 0.15) is 0 Å². The van der Waals surface area contributed by atoms with Gasteiger partial charge in [-0.2, -0.15) is 5.10 Å². The normalized spacial score (nSPS) is 20.3. The molecule has 1 atom stereocenters. The maximum absolute atomic E-state index is 13.0. The maximum atomic E-state index is 13.0. The molecule has 3 heterocycles. The SMILES string of the molecule is Cc1c(C(=O)N2CCN(C(=O)C3CCCN3C)CC2)cnn1Cc1ccccc1. The number of likely N-dealkylation sites (N-methyl/N-ethyl adjacent to an activating group) is 1.